The molecule has 3 heteroatoms. The number of carbonyl (C=O) groups is 1. The van der Waals surface area contributed by atoms with Crippen molar-refractivity contribution in [2.75, 3.05) is 13.1 Å². The van der Waals surface area contributed by atoms with Gasteiger partial charge in [-0.2, -0.15) is 0 Å². The molecule has 1 aliphatic heterocycles. The number of aliphatic carboxylic acids is 1. The summed E-state index contributed by atoms with van der Waals surface area (Å²) in [6.07, 6.45) is 10.3. The molecule has 0 aromatic rings. The molecule has 2 rings (SSSR count). The van der Waals surface area contributed by atoms with Crippen molar-refractivity contribution in [1.82, 2.24) is 4.90 Å². The number of hydrogen-bond donors (Lipinski definition) is 1. The molecule has 1 aliphatic carbocycles. The monoisotopic (exact) mass is 253 g/mol. The van der Waals surface area contributed by atoms with Crippen molar-refractivity contribution in [3.63, 3.8) is 0 Å². The quantitative estimate of drug-likeness (QED) is 0.836. The van der Waals surface area contributed by atoms with Crippen LogP contribution in [0.4, 0.5) is 0 Å². The van der Waals surface area contributed by atoms with E-state index in [1.54, 1.807) is 0 Å². The van der Waals surface area contributed by atoms with Crippen molar-refractivity contribution in [2.24, 2.45) is 5.41 Å². The van der Waals surface area contributed by atoms with Crippen LogP contribution in [-0.2, 0) is 4.79 Å². The lowest BCUT2D eigenvalue weighted by molar-refractivity contribution is -0.154. The Labute approximate surface area is 111 Å². The van der Waals surface area contributed by atoms with Gasteiger partial charge in [0.2, 0.25) is 0 Å². The number of piperidine rings is 1. The summed E-state index contributed by atoms with van der Waals surface area (Å²) in [7, 11) is 0. The molecular weight excluding hydrogens is 226 g/mol. The van der Waals surface area contributed by atoms with Gasteiger partial charge in [0.1, 0.15) is 0 Å². The van der Waals surface area contributed by atoms with Crippen LogP contribution in [0.5, 0.6) is 0 Å². The van der Waals surface area contributed by atoms with Crippen molar-refractivity contribution < 1.29 is 9.90 Å². The lowest BCUT2D eigenvalue weighted by Crippen LogP contribution is -2.51. The van der Waals surface area contributed by atoms with Crippen LogP contribution in [0.1, 0.15) is 64.7 Å². The molecule has 1 saturated carbocycles. The number of hydrogen-bond acceptors (Lipinski definition) is 2. The Morgan fingerprint density at radius 1 is 1.28 bits per heavy atom. The number of rotatable bonds is 4. The lowest BCUT2D eigenvalue weighted by Gasteiger charge is -2.44. The predicted molar refractivity (Wildman–Crippen MR) is 72.7 cm³/mol. The van der Waals surface area contributed by atoms with Gasteiger partial charge in [-0.05, 0) is 38.6 Å². The van der Waals surface area contributed by atoms with Gasteiger partial charge >= 0.3 is 5.97 Å². The molecule has 18 heavy (non-hydrogen) atoms. The van der Waals surface area contributed by atoms with Crippen LogP contribution in [0.3, 0.4) is 0 Å². The first-order chi connectivity index (χ1) is 8.68. The molecule has 104 valence electrons. The number of likely N-dealkylation sites (tertiary alicyclic amines) is 1. The van der Waals surface area contributed by atoms with Crippen LogP contribution in [0, 0.1) is 5.41 Å². The third kappa shape index (κ3) is 2.87. The van der Waals surface area contributed by atoms with E-state index >= 15 is 0 Å². The van der Waals surface area contributed by atoms with Gasteiger partial charge in [-0.25, -0.2) is 0 Å². The zero-order valence-electron chi connectivity index (χ0n) is 11.7. The molecule has 0 aromatic carbocycles. The minimum absolute atomic E-state index is 0.454. The number of carboxylic acid groups (broad SMARTS) is 1. The zero-order valence-corrected chi connectivity index (χ0v) is 11.7. The van der Waals surface area contributed by atoms with E-state index in [9.17, 15) is 9.90 Å². The molecule has 0 radical (unpaired) electrons. The second-order valence-corrected chi connectivity index (χ2v) is 6.20. The van der Waals surface area contributed by atoms with Crippen molar-refractivity contribution in [2.45, 2.75) is 70.8 Å². The van der Waals surface area contributed by atoms with E-state index < -0.39 is 11.4 Å². The van der Waals surface area contributed by atoms with Crippen LogP contribution < -0.4 is 0 Å². The summed E-state index contributed by atoms with van der Waals surface area (Å²) in [4.78, 5) is 14.2. The maximum absolute atomic E-state index is 11.7. The average Bonchev–Trinajstić information content (AvgIpc) is 2.40. The lowest BCUT2D eigenvalue weighted by atomic mass is 9.75. The second-order valence-electron chi connectivity index (χ2n) is 6.20. The molecule has 0 bridgehead atoms. The fourth-order valence-electron chi connectivity index (χ4n) is 3.89. The van der Waals surface area contributed by atoms with Gasteiger partial charge in [0.05, 0.1) is 5.41 Å². The van der Waals surface area contributed by atoms with Gasteiger partial charge in [0.25, 0.3) is 0 Å². The van der Waals surface area contributed by atoms with E-state index in [2.05, 4.69) is 11.8 Å². The molecule has 0 spiro atoms. The van der Waals surface area contributed by atoms with Gasteiger partial charge in [0, 0.05) is 12.6 Å². The Bertz CT molecular complexity index is 282. The molecule has 1 atom stereocenters. The molecule has 1 saturated heterocycles. The van der Waals surface area contributed by atoms with Gasteiger partial charge in [-0.3, -0.25) is 9.69 Å². The summed E-state index contributed by atoms with van der Waals surface area (Å²) < 4.78 is 0. The molecule has 0 amide bonds. The zero-order chi connectivity index (χ0) is 13.0. The van der Waals surface area contributed by atoms with Crippen LogP contribution in [0.15, 0.2) is 0 Å². The molecule has 2 aliphatic rings. The third-order valence-electron chi connectivity index (χ3n) is 4.88. The standard InChI is InChI=1S/C15H27NO2/c1-2-9-15(14(17)18)10-6-11-16(12-15)13-7-4-3-5-8-13/h13H,2-12H2,1H3,(H,17,18). The van der Waals surface area contributed by atoms with Crippen LogP contribution >= 0.6 is 0 Å². The summed E-state index contributed by atoms with van der Waals surface area (Å²) in [5.74, 6) is -0.565. The maximum Gasteiger partial charge on any atom is 0.310 e. The van der Waals surface area contributed by atoms with Crippen molar-refractivity contribution in [1.29, 1.82) is 0 Å². The molecule has 1 unspecified atom stereocenters. The smallest absolute Gasteiger partial charge is 0.310 e. The summed E-state index contributed by atoms with van der Waals surface area (Å²) in [5.41, 5.74) is -0.454. The van der Waals surface area contributed by atoms with Gasteiger partial charge in [0.15, 0.2) is 0 Å². The van der Waals surface area contributed by atoms with Crippen molar-refractivity contribution >= 4 is 5.97 Å². The highest BCUT2D eigenvalue weighted by molar-refractivity contribution is 5.75. The predicted octanol–water partition coefficient (Wildman–Crippen LogP) is 3.29. The molecule has 2 fully saturated rings. The largest absolute Gasteiger partial charge is 0.481 e. The summed E-state index contributed by atoms with van der Waals surface area (Å²) in [6.45, 7) is 4.01. The van der Waals surface area contributed by atoms with E-state index in [1.807, 2.05) is 0 Å². The van der Waals surface area contributed by atoms with E-state index in [-0.39, 0.29) is 0 Å². The minimum Gasteiger partial charge on any atom is -0.481 e. The summed E-state index contributed by atoms with van der Waals surface area (Å²) in [6, 6.07) is 0.662. The fraction of sp³-hybridized carbons (Fsp3) is 0.933. The van der Waals surface area contributed by atoms with E-state index in [0.29, 0.717) is 6.04 Å². The first-order valence-electron chi connectivity index (χ1n) is 7.65. The highest BCUT2D eigenvalue weighted by Crippen LogP contribution is 2.37. The fourth-order valence-corrected chi connectivity index (χ4v) is 3.89. The normalized spacial score (nSPS) is 31.4. The van der Waals surface area contributed by atoms with Crippen LogP contribution in [0.25, 0.3) is 0 Å². The topological polar surface area (TPSA) is 40.5 Å². The Morgan fingerprint density at radius 2 is 2.00 bits per heavy atom. The molecule has 1 heterocycles. The van der Waals surface area contributed by atoms with Gasteiger partial charge in [-0.15, -0.1) is 0 Å². The first-order valence-corrected chi connectivity index (χ1v) is 7.65. The van der Waals surface area contributed by atoms with E-state index in [1.165, 1.54) is 32.1 Å². The Morgan fingerprint density at radius 3 is 2.61 bits per heavy atom. The Hall–Kier alpha value is -0.570. The first kappa shape index (κ1) is 13.9. The molecular formula is C15H27NO2. The van der Waals surface area contributed by atoms with Gasteiger partial charge in [-0.1, -0.05) is 32.6 Å². The second kappa shape index (κ2) is 6.05. The molecule has 3 nitrogen and oxygen atoms in total. The van der Waals surface area contributed by atoms with Crippen LogP contribution in [0.2, 0.25) is 0 Å². The average molecular weight is 253 g/mol. The third-order valence-corrected chi connectivity index (χ3v) is 4.88. The Kier molecular flexibility index (Phi) is 4.66. The highest BCUT2D eigenvalue weighted by Gasteiger charge is 2.42. The molecule has 0 aromatic heterocycles. The van der Waals surface area contributed by atoms with Crippen molar-refractivity contribution in [3.05, 3.63) is 0 Å². The van der Waals surface area contributed by atoms with E-state index in [4.69, 9.17) is 0 Å². The maximum atomic E-state index is 11.7. The van der Waals surface area contributed by atoms with E-state index in [0.717, 1.165) is 38.8 Å². The SMILES string of the molecule is CCCC1(C(=O)O)CCCN(C2CCCCC2)C1. The van der Waals surface area contributed by atoms with Crippen molar-refractivity contribution in [3.8, 4) is 0 Å². The minimum atomic E-state index is -0.565. The Balaban J connectivity index is 2.03. The number of nitrogens with zero attached hydrogens (tertiary/aromatic N) is 1. The molecule has 1 N–H and O–H groups in total. The summed E-state index contributed by atoms with van der Waals surface area (Å²) >= 11 is 0. The highest BCUT2D eigenvalue weighted by atomic mass is 16.4. The van der Waals surface area contributed by atoms with Gasteiger partial charge < -0.3 is 5.11 Å². The van der Waals surface area contributed by atoms with Crippen LogP contribution in [-0.4, -0.2) is 35.1 Å². The number of carboxylic acids is 1. The summed E-state index contributed by atoms with van der Waals surface area (Å²) in [5, 5.41) is 9.61.